The minimum Gasteiger partial charge on any atom is -0.394 e. The number of unbranched alkanes of at least 4 members (excludes halogenated alkanes) is 62. The highest BCUT2D eigenvalue weighted by atomic mass is 16.7. The summed E-state index contributed by atoms with van der Waals surface area (Å²) in [6.07, 6.45) is 84.1. The Balaban J connectivity index is 1.55. The summed E-state index contributed by atoms with van der Waals surface area (Å²) in [4.78, 5) is 13.4. The quantitative estimate of drug-likeness (QED) is 0.0204. The van der Waals surface area contributed by atoms with Crippen LogP contribution in [0.25, 0.3) is 0 Å². The van der Waals surface area contributed by atoms with Gasteiger partial charge >= 0.3 is 0 Å². The molecule has 0 bridgehead atoms. The molecule has 620 valence electrons. The minimum absolute atomic E-state index is 0.229. The standard InChI is InChI=1S/C91H173NO13/c1-3-5-7-9-11-13-15-17-19-21-23-25-27-29-31-33-35-37-38-39-40-41-42-43-45-47-49-51-53-55-57-59-61-63-65-67-69-71-73-75-83(96)92-79(78-102-90-88(101)86(99)89(82(77-94)104-90)105-91-87(100)85(98)84(97)81(76-93)103-91)80(95)74-72-70-68-66-64-62-60-58-56-54-52-50-48-46-44-36-34-32-30-28-26-24-22-20-18-16-14-12-10-8-6-4-2/h15,17,21,23,72,74,79-82,84-91,93-95,97-101H,3-14,16,18-20,22,24-71,73,75-78H2,1-2H3,(H,92,96)/b17-15-,23-21-,74-72+. The van der Waals surface area contributed by atoms with E-state index in [-0.39, 0.29) is 18.9 Å². The maximum absolute atomic E-state index is 13.4. The van der Waals surface area contributed by atoms with E-state index in [4.69, 9.17) is 18.9 Å². The smallest absolute Gasteiger partial charge is 0.220 e. The molecule has 12 atom stereocenters. The zero-order chi connectivity index (χ0) is 75.8. The fourth-order valence-electron chi connectivity index (χ4n) is 15.4. The van der Waals surface area contributed by atoms with Crippen molar-refractivity contribution in [3.05, 3.63) is 36.5 Å². The second kappa shape index (κ2) is 74.9. The van der Waals surface area contributed by atoms with Gasteiger partial charge in [0.25, 0.3) is 0 Å². The number of hydrogen-bond donors (Lipinski definition) is 9. The van der Waals surface area contributed by atoms with E-state index >= 15 is 0 Å². The Hall–Kier alpha value is -1.79. The lowest BCUT2D eigenvalue weighted by Crippen LogP contribution is -2.65. The van der Waals surface area contributed by atoms with E-state index in [9.17, 15) is 45.6 Å². The number of carbonyl (C=O) groups excluding carboxylic acids is 1. The van der Waals surface area contributed by atoms with Crippen LogP contribution in [0.3, 0.4) is 0 Å². The number of ether oxygens (including phenoxy) is 4. The molecular weight excluding hydrogens is 1310 g/mol. The van der Waals surface area contributed by atoms with Crippen molar-refractivity contribution in [2.75, 3.05) is 19.8 Å². The summed E-state index contributed by atoms with van der Waals surface area (Å²) in [5, 5.41) is 87.9. The second-order valence-corrected chi connectivity index (χ2v) is 32.4. The third kappa shape index (κ3) is 57.0. The van der Waals surface area contributed by atoms with Gasteiger partial charge in [-0.15, -0.1) is 0 Å². The molecule has 2 fully saturated rings. The third-order valence-electron chi connectivity index (χ3n) is 22.6. The van der Waals surface area contributed by atoms with E-state index in [1.807, 2.05) is 6.08 Å². The van der Waals surface area contributed by atoms with E-state index in [0.717, 1.165) is 44.9 Å². The molecule has 2 aliphatic heterocycles. The first kappa shape index (κ1) is 99.3. The van der Waals surface area contributed by atoms with Crippen molar-refractivity contribution in [3.8, 4) is 0 Å². The molecule has 0 aromatic rings. The first-order valence-electron chi connectivity index (χ1n) is 45.7. The number of aliphatic hydroxyl groups is 8. The number of amides is 1. The van der Waals surface area contributed by atoms with Gasteiger partial charge in [-0.1, -0.05) is 423 Å². The number of carbonyl (C=O) groups is 1. The summed E-state index contributed by atoms with van der Waals surface area (Å²) in [7, 11) is 0. The zero-order valence-electron chi connectivity index (χ0n) is 68.5. The number of nitrogens with one attached hydrogen (secondary N) is 1. The van der Waals surface area contributed by atoms with Gasteiger partial charge in [-0.25, -0.2) is 0 Å². The summed E-state index contributed by atoms with van der Waals surface area (Å²) < 4.78 is 23.0. The highest BCUT2D eigenvalue weighted by Gasteiger charge is 2.51. The van der Waals surface area contributed by atoms with E-state index in [1.165, 1.54) is 372 Å². The van der Waals surface area contributed by atoms with Crippen molar-refractivity contribution >= 4 is 5.91 Å². The van der Waals surface area contributed by atoms with Gasteiger partial charge in [0.1, 0.15) is 48.8 Å². The Morgan fingerprint density at radius 1 is 0.343 bits per heavy atom. The largest absolute Gasteiger partial charge is 0.394 e. The molecule has 0 spiro atoms. The Labute approximate surface area is 646 Å². The van der Waals surface area contributed by atoms with Gasteiger partial charge in [-0.2, -0.15) is 0 Å². The number of aliphatic hydroxyl groups excluding tert-OH is 8. The maximum Gasteiger partial charge on any atom is 0.220 e. The van der Waals surface area contributed by atoms with Gasteiger partial charge in [0.05, 0.1) is 32.0 Å². The van der Waals surface area contributed by atoms with Crippen molar-refractivity contribution in [2.45, 2.75) is 518 Å². The van der Waals surface area contributed by atoms with Crippen LogP contribution in [0.5, 0.6) is 0 Å². The molecule has 14 heteroatoms. The first-order valence-corrected chi connectivity index (χ1v) is 45.7. The molecule has 105 heavy (non-hydrogen) atoms. The predicted molar refractivity (Wildman–Crippen MR) is 438 cm³/mol. The molecule has 9 N–H and O–H groups in total. The van der Waals surface area contributed by atoms with Gasteiger partial charge in [0.2, 0.25) is 5.91 Å². The molecular formula is C91H173NO13. The Kier molecular flexibility index (Phi) is 70.8. The average molecular weight is 1490 g/mol. The molecule has 0 saturated carbocycles. The van der Waals surface area contributed by atoms with Crippen LogP contribution in [0, 0.1) is 0 Å². The Bertz CT molecular complexity index is 1900. The maximum atomic E-state index is 13.4. The lowest BCUT2D eigenvalue weighted by molar-refractivity contribution is -0.359. The highest BCUT2D eigenvalue weighted by Crippen LogP contribution is 2.31. The molecule has 0 aliphatic carbocycles. The zero-order valence-corrected chi connectivity index (χ0v) is 68.5. The van der Waals surface area contributed by atoms with Crippen LogP contribution < -0.4 is 5.32 Å². The Morgan fingerprint density at radius 3 is 0.952 bits per heavy atom. The van der Waals surface area contributed by atoms with Crippen LogP contribution in [0.4, 0.5) is 0 Å². The lowest BCUT2D eigenvalue weighted by atomic mass is 9.97. The minimum atomic E-state index is -1.79. The normalized spacial score (nSPS) is 21.5. The van der Waals surface area contributed by atoms with Crippen LogP contribution in [0.15, 0.2) is 36.5 Å². The van der Waals surface area contributed by atoms with Crippen LogP contribution in [-0.4, -0.2) is 140 Å². The first-order chi connectivity index (χ1) is 51.6. The number of rotatable bonds is 79. The topological polar surface area (TPSA) is 228 Å². The fraction of sp³-hybridized carbons (Fsp3) is 0.923. The van der Waals surface area contributed by atoms with Crippen molar-refractivity contribution in [2.24, 2.45) is 0 Å². The van der Waals surface area contributed by atoms with E-state index in [1.54, 1.807) is 6.08 Å². The molecule has 2 saturated heterocycles. The van der Waals surface area contributed by atoms with E-state index < -0.39 is 86.8 Å². The van der Waals surface area contributed by atoms with Crippen LogP contribution in [-0.2, 0) is 23.7 Å². The van der Waals surface area contributed by atoms with Crippen molar-refractivity contribution in [1.82, 2.24) is 5.32 Å². The van der Waals surface area contributed by atoms with Crippen LogP contribution in [0.2, 0.25) is 0 Å². The molecule has 1 amide bonds. The van der Waals surface area contributed by atoms with Gasteiger partial charge < -0.3 is 65.1 Å². The lowest BCUT2D eigenvalue weighted by Gasteiger charge is -2.46. The molecule has 12 unspecified atom stereocenters. The SMILES string of the molecule is CCCCCCC/C=C\C/C=C\CCCCCCCCCCCCCCCCCCCCCCCCCCCCCC(=O)NC(COC1OC(CO)C(OC2OC(CO)C(O)C(O)C2O)C(O)C1O)C(O)/C=C/CCCCCCCCCCCCCCCCCCCCCCCCCCCCCCCC. The number of allylic oxidation sites excluding steroid dienone is 5. The molecule has 2 heterocycles. The molecule has 0 aromatic heterocycles. The summed E-state index contributed by atoms with van der Waals surface area (Å²) in [6, 6.07) is -0.915. The van der Waals surface area contributed by atoms with Crippen molar-refractivity contribution in [3.63, 3.8) is 0 Å². The van der Waals surface area contributed by atoms with Gasteiger partial charge in [0, 0.05) is 6.42 Å². The molecule has 2 aliphatic rings. The van der Waals surface area contributed by atoms with Crippen molar-refractivity contribution < 1.29 is 64.6 Å². The van der Waals surface area contributed by atoms with Gasteiger partial charge in [0.15, 0.2) is 12.6 Å². The van der Waals surface area contributed by atoms with Crippen LogP contribution >= 0.6 is 0 Å². The predicted octanol–water partition coefficient (Wildman–Crippen LogP) is 22.3. The molecule has 14 nitrogen and oxygen atoms in total. The summed E-state index contributed by atoms with van der Waals surface area (Å²) in [5.41, 5.74) is 0. The molecule has 0 radical (unpaired) electrons. The highest BCUT2D eigenvalue weighted by molar-refractivity contribution is 5.76. The molecule has 2 rings (SSSR count). The van der Waals surface area contributed by atoms with E-state index in [0.29, 0.717) is 6.42 Å². The molecule has 0 aromatic carbocycles. The summed E-state index contributed by atoms with van der Waals surface area (Å²) in [6.45, 7) is 2.87. The Morgan fingerprint density at radius 2 is 0.629 bits per heavy atom. The van der Waals surface area contributed by atoms with Crippen molar-refractivity contribution in [1.29, 1.82) is 0 Å². The fourth-order valence-corrected chi connectivity index (χ4v) is 15.4. The van der Waals surface area contributed by atoms with Gasteiger partial charge in [-0.05, 0) is 51.4 Å². The van der Waals surface area contributed by atoms with Crippen LogP contribution in [0.1, 0.15) is 444 Å². The monoisotopic (exact) mass is 1490 g/mol. The summed E-state index contributed by atoms with van der Waals surface area (Å²) in [5.74, 6) is -0.229. The average Bonchev–Trinajstić information content (AvgIpc) is 0.789. The number of hydrogen-bond acceptors (Lipinski definition) is 13. The summed E-state index contributed by atoms with van der Waals surface area (Å²) >= 11 is 0. The van der Waals surface area contributed by atoms with E-state index in [2.05, 4.69) is 43.5 Å². The third-order valence-corrected chi connectivity index (χ3v) is 22.6. The van der Waals surface area contributed by atoms with Gasteiger partial charge in [-0.3, -0.25) is 4.79 Å². The second-order valence-electron chi connectivity index (χ2n) is 32.4.